The predicted octanol–water partition coefficient (Wildman–Crippen LogP) is -0.180. The summed E-state index contributed by atoms with van der Waals surface area (Å²) < 4.78 is 23.6. The Morgan fingerprint density at radius 3 is 2.88 bits per heavy atom. The molecule has 2 aromatic heterocycles. The van der Waals surface area contributed by atoms with Crippen molar-refractivity contribution in [3.63, 3.8) is 0 Å². The van der Waals surface area contributed by atoms with E-state index in [2.05, 4.69) is 20.4 Å². The third-order valence-electron chi connectivity index (χ3n) is 2.29. The molecule has 1 N–H and O–H groups in total. The third kappa shape index (κ3) is 2.70. The molecule has 0 spiro atoms. The summed E-state index contributed by atoms with van der Waals surface area (Å²) in [5.41, 5.74) is 0.710. The van der Waals surface area contributed by atoms with Crippen LogP contribution in [-0.4, -0.2) is 46.7 Å². The van der Waals surface area contributed by atoms with Gasteiger partial charge in [0.1, 0.15) is 22.0 Å². The number of anilines is 1. The van der Waals surface area contributed by atoms with Crippen LogP contribution in [0.15, 0.2) is 12.5 Å². The molecule has 0 aliphatic carbocycles. The van der Waals surface area contributed by atoms with Gasteiger partial charge in [0.15, 0.2) is 5.65 Å². The maximum Gasteiger partial charge on any atom is 0.163 e. The van der Waals surface area contributed by atoms with Crippen LogP contribution in [0.4, 0.5) is 5.82 Å². The van der Waals surface area contributed by atoms with Crippen LogP contribution in [0.5, 0.6) is 0 Å². The molecule has 0 fully saturated rings. The molecule has 0 aromatic carbocycles. The zero-order valence-electron chi connectivity index (χ0n) is 9.58. The van der Waals surface area contributed by atoms with Gasteiger partial charge in [-0.2, -0.15) is 5.10 Å². The summed E-state index contributed by atoms with van der Waals surface area (Å²) in [7, 11) is -1.18. The summed E-state index contributed by atoms with van der Waals surface area (Å²) in [5.74, 6) is 0.672. The molecule has 0 saturated carbocycles. The SMILES string of the molecule is Cn1ncc2c(NCCS(C)(=O)=O)ncnc21. The fourth-order valence-corrected chi connectivity index (χ4v) is 1.93. The van der Waals surface area contributed by atoms with Gasteiger partial charge >= 0.3 is 0 Å². The number of hydrogen-bond acceptors (Lipinski definition) is 6. The lowest BCUT2D eigenvalue weighted by atomic mass is 10.4. The van der Waals surface area contributed by atoms with Crippen LogP contribution in [0.1, 0.15) is 0 Å². The molecule has 0 unspecified atom stereocenters. The highest BCUT2D eigenvalue weighted by Gasteiger charge is 2.08. The maximum atomic E-state index is 11.0. The second-order valence-electron chi connectivity index (χ2n) is 3.78. The van der Waals surface area contributed by atoms with Gasteiger partial charge in [0.2, 0.25) is 0 Å². The molecule has 17 heavy (non-hydrogen) atoms. The molecular weight excluding hydrogens is 242 g/mol. The van der Waals surface area contributed by atoms with Gasteiger partial charge in [-0.3, -0.25) is 4.68 Å². The highest BCUT2D eigenvalue weighted by atomic mass is 32.2. The van der Waals surface area contributed by atoms with E-state index in [4.69, 9.17) is 0 Å². The quantitative estimate of drug-likeness (QED) is 0.815. The van der Waals surface area contributed by atoms with Crippen molar-refractivity contribution in [3.05, 3.63) is 12.5 Å². The summed E-state index contributed by atoms with van der Waals surface area (Å²) in [6.45, 7) is 0.319. The maximum absolute atomic E-state index is 11.0. The topological polar surface area (TPSA) is 89.8 Å². The Balaban J connectivity index is 2.19. The molecule has 0 aliphatic heterocycles. The fourth-order valence-electron chi connectivity index (χ4n) is 1.46. The number of fused-ring (bicyclic) bond motifs is 1. The van der Waals surface area contributed by atoms with Gasteiger partial charge in [-0.1, -0.05) is 0 Å². The van der Waals surface area contributed by atoms with E-state index in [0.717, 1.165) is 5.39 Å². The number of rotatable bonds is 4. The Labute approximate surface area is 98.8 Å². The van der Waals surface area contributed by atoms with Gasteiger partial charge in [0, 0.05) is 19.8 Å². The van der Waals surface area contributed by atoms with E-state index >= 15 is 0 Å². The van der Waals surface area contributed by atoms with Crippen LogP contribution in [0, 0.1) is 0 Å². The number of aryl methyl sites for hydroxylation is 1. The zero-order chi connectivity index (χ0) is 12.5. The van der Waals surface area contributed by atoms with E-state index in [-0.39, 0.29) is 5.75 Å². The van der Waals surface area contributed by atoms with Gasteiger partial charge in [-0.15, -0.1) is 0 Å². The van der Waals surface area contributed by atoms with Crippen LogP contribution in [0.2, 0.25) is 0 Å². The number of nitrogens with one attached hydrogen (secondary N) is 1. The van der Waals surface area contributed by atoms with E-state index in [0.29, 0.717) is 18.0 Å². The minimum atomic E-state index is -2.97. The van der Waals surface area contributed by atoms with Crippen molar-refractivity contribution >= 4 is 26.7 Å². The lowest BCUT2D eigenvalue weighted by Gasteiger charge is -2.04. The van der Waals surface area contributed by atoms with Crippen LogP contribution < -0.4 is 5.32 Å². The van der Waals surface area contributed by atoms with Crippen molar-refractivity contribution in [2.75, 3.05) is 23.9 Å². The van der Waals surface area contributed by atoms with Gasteiger partial charge in [-0.05, 0) is 0 Å². The summed E-state index contributed by atoms with van der Waals surface area (Å²) >= 11 is 0. The summed E-state index contributed by atoms with van der Waals surface area (Å²) in [6, 6.07) is 0. The first-order valence-corrected chi connectivity index (χ1v) is 7.08. The highest BCUT2D eigenvalue weighted by molar-refractivity contribution is 7.90. The molecule has 7 nitrogen and oxygen atoms in total. The predicted molar refractivity (Wildman–Crippen MR) is 64.5 cm³/mol. The molecule has 0 radical (unpaired) electrons. The van der Waals surface area contributed by atoms with E-state index in [1.54, 1.807) is 17.9 Å². The molecule has 0 saturated heterocycles. The van der Waals surface area contributed by atoms with E-state index in [1.807, 2.05) is 0 Å². The molecule has 2 rings (SSSR count). The molecule has 92 valence electrons. The Morgan fingerprint density at radius 1 is 1.41 bits per heavy atom. The minimum Gasteiger partial charge on any atom is -0.368 e. The van der Waals surface area contributed by atoms with E-state index in [1.165, 1.54) is 12.6 Å². The summed E-state index contributed by atoms with van der Waals surface area (Å²) in [4.78, 5) is 8.16. The van der Waals surface area contributed by atoms with Crippen molar-refractivity contribution in [1.82, 2.24) is 19.7 Å². The molecule has 0 aliphatic rings. The lowest BCUT2D eigenvalue weighted by Crippen LogP contribution is -2.15. The molecular formula is C9H13N5O2S. The third-order valence-corrected chi connectivity index (χ3v) is 3.24. The van der Waals surface area contributed by atoms with Crippen molar-refractivity contribution < 1.29 is 8.42 Å². The van der Waals surface area contributed by atoms with Crippen LogP contribution in [0.25, 0.3) is 11.0 Å². The highest BCUT2D eigenvalue weighted by Crippen LogP contribution is 2.17. The van der Waals surface area contributed by atoms with Crippen LogP contribution in [-0.2, 0) is 16.9 Å². The average molecular weight is 255 g/mol. The van der Waals surface area contributed by atoms with Gasteiger partial charge < -0.3 is 5.32 Å². The normalized spacial score (nSPS) is 11.9. The minimum absolute atomic E-state index is 0.0682. The average Bonchev–Trinajstić information content (AvgIpc) is 2.60. The van der Waals surface area contributed by atoms with Gasteiger partial charge in [0.25, 0.3) is 0 Å². The molecule has 2 aromatic rings. The number of sulfone groups is 1. The van der Waals surface area contributed by atoms with E-state index in [9.17, 15) is 8.42 Å². The largest absolute Gasteiger partial charge is 0.368 e. The number of nitrogens with zero attached hydrogens (tertiary/aromatic N) is 4. The first kappa shape index (κ1) is 11.8. The monoisotopic (exact) mass is 255 g/mol. The Kier molecular flexibility index (Phi) is 2.97. The zero-order valence-corrected chi connectivity index (χ0v) is 10.4. The molecule has 8 heteroatoms. The van der Waals surface area contributed by atoms with Crippen molar-refractivity contribution in [3.8, 4) is 0 Å². The van der Waals surface area contributed by atoms with Gasteiger partial charge in [0.05, 0.1) is 17.3 Å². The summed E-state index contributed by atoms with van der Waals surface area (Å²) in [5, 5.41) is 7.82. The summed E-state index contributed by atoms with van der Waals surface area (Å²) in [6.07, 6.45) is 4.28. The Morgan fingerprint density at radius 2 is 2.18 bits per heavy atom. The molecule has 0 amide bonds. The second-order valence-corrected chi connectivity index (χ2v) is 6.04. The fraction of sp³-hybridized carbons (Fsp3) is 0.444. The molecule has 0 bridgehead atoms. The van der Waals surface area contributed by atoms with Crippen molar-refractivity contribution in [1.29, 1.82) is 0 Å². The number of hydrogen-bond donors (Lipinski definition) is 1. The van der Waals surface area contributed by atoms with Crippen LogP contribution in [0.3, 0.4) is 0 Å². The first-order chi connectivity index (χ1) is 7.97. The van der Waals surface area contributed by atoms with Crippen molar-refractivity contribution in [2.45, 2.75) is 0 Å². The number of aromatic nitrogens is 4. The smallest absolute Gasteiger partial charge is 0.163 e. The Hall–Kier alpha value is -1.70. The lowest BCUT2D eigenvalue weighted by molar-refractivity contribution is 0.602. The van der Waals surface area contributed by atoms with Gasteiger partial charge in [-0.25, -0.2) is 18.4 Å². The molecule has 0 atom stereocenters. The second kappa shape index (κ2) is 4.28. The standard InChI is InChI=1S/C9H13N5O2S/c1-14-9-7(5-13-14)8(11-6-12-9)10-3-4-17(2,15)16/h5-6H,3-4H2,1-2H3,(H,10,11,12). The van der Waals surface area contributed by atoms with Crippen molar-refractivity contribution in [2.24, 2.45) is 7.05 Å². The Bertz CT molecular complexity index is 634. The molecule has 2 heterocycles. The van der Waals surface area contributed by atoms with E-state index < -0.39 is 9.84 Å². The van der Waals surface area contributed by atoms with Crippen LogP contribution >= 0.6 is 0 Å². The first-order valence-electron chi connectivity index (χ1n) is 5.02.